The number of carbonyl (C=O) groups excluding carboxylic acids is 2. The molecule has 1 amide bonds. The number of rotatable bonds is 5. The topological polar surface area (TPSA) is 62.4 Å². The van der Waals surface area contributed by atoms with Gasteiger partial charge in [0, 0.05) is 17.9 Å². The van der Waals surface area contributed by atoms with Crippen LogP contribution in [0.25, 0.3) is 0 Å². The van der Waals surface area contributed by atoms with Crippen molar-refractivity contribution in [3.05, 3.63) is 52.8 Å². The van der Waals surface area contributed by atoms with Gasteiger partial charge < -0.3 is 14.6 Å². The third-order valence-corrected chi connectivity index (χ3v) is 3.91. The van der Waals surface area contributed by atoms with Gasteiger partial charge in [0.15, 0.2) is 0 Å². The molecule has 1 aromatic heterocycles. The summed E-state index contributed by atoms with van der Waals surface area (Å²) in [5, 5.41) is 0. The van der Waals surface area contributed by atoms with Gasteiger partial charge in [0.05, 0.1) is 12.7 Å². The number of aromatic amines is 1. The molecule has 1 aromatic carbocycles. The molecular weight excluding hydrogens is 292 g/mol. The molecule has 0 aliphatic heterocycles. The van der Waals surface area contributed by atoms with Crippen LogP contribution in [0.5, 0.6) is 0 Å². The molecule has 0 aliphatic rings. The molecule has 0 unspecified atom stereocenters. The van der Waals surface area contributed by atoms with Gasteiger partial charge in [-0.05, 0) is 38.0 Å². The van der Waals surface area contributed by atoms with Crippen LogP contribution in [-0.4, -0.2) is 30.5 Å². The second kappa shape index (κ2) is 7.13. The number of esters is 1. The number of hydrogen-bond acceptors (Lipinski definition) is 3. The van der Waals surface area contributed by atoms with Gasteiger partial charge in [-0.25, -0.2) is 4.79 Å². The average molecular weight is 314 g/mol. The first kappa shape index (κ1) is 16.8. The fourth-order valence-corrected chi connectivity index (χ4v) is 2.70. The van der Waals surface area contributed by atoms with Crippen molar-refractivity contribution in [2.24, 2.45) is 0 Å². The van der Waals surface area contributed by atoms with E-state index in [-0.39, 0.29) is 5.91 Å². The number of ether oxygens (including phenoxy) is 1. The standard InChI is InChI=1S/C18H22N2O3/c1-5-14-15(18(22)23-4)12(3)16(19-14)17(21)20(6-2)13-10-8-7-9-11-13/h7-11,19H,5-6H2,1-4H3. The Labute approximate surface area is 136 Å². The number of methoxy groups -OCH3 is 1. The van der Waals surface area contributed by atoms with E-state index in [4.69, 9.17) is 4.74 Å². The summed E-state index contributed by atoms with van der Waals surface area (Å²) in [6.45, 7) is 6.16. The summed E-state index contributed by atoms with van der Waals surface area (Å²) < 4.78 is 4.84. The van der Waals surface area contributed by atoms with Gasteiger partial charge in [0.2, 0.25) is 0 Å². The third kappa shape index (κ3) is 3.13. The van der Waals surface area contributed by atoms with Crippen LogP contribution in [0, 0.1) is 6.92 Å². The van der Waals surface area contributed by atoms with Crippen LogP contribution < -0.4 is 4.90 Å². The Morgan fingerprint density at radius 2 is 1.83 bits per heavy atom. The minimum atomic E-state index is -0.419. The Morgan fingerprint density at radius 3 is 2.35 bits per heavy atom. The lowest BCUT2D eigenvalue weighted by molar-refractivity contribution is 0.0599. The summed E-state index contributed by atoms with van der Waals surface area (Å²) in [6, 6.07) is 9.48. The largest absolute Gasteiger partial charge is 0.465 e. The highest BCUT2D eigenvalue weighted by Gasteiger charge is 2.26. The normalized spacial score (nSPS) is 10.4. The first-order valence-electron chi connectivity index (χ1n) is 7.71. The van der Waals surface area contributed by atoms with E-state index >= 15 is 0 Å². The zero-order valence-corrected chi connectivity index (χ0v) is 14.0. The number of aryl methyl sites for hydroxylation is 1. The summed E-state index contributed by atoms with van der Waals surface area (Å²) in [7, 11) is 1.35. The molecule has 0 fully saturated rings. The van der Waals surface area contributed by atoms with Gasteiger partial charge in [0.1, 0.15) is 5.69 Å². The number of nitrogens with one attached hydrogen (secondary N) is 1. The van der Waals surface area contributed by atoms with Crippen molar-refractivity contribution in [2.75, 3.05) is 18.6 Å². The first-order chi connectivity index (χ1) is 11.0. The van der Waals surface area contributed by atoms with Crippen LogP contribution in [0.1, 0.15) is 46.0 Å². The van der Waals surface area contributed by atoms with Crippen molar-refractivity contribution in [3.8, 4) is 0 Å². The summed E-state index contributed by atoms with van der Waals surface area (Å²) in [5.41, 5.74) is 3.08. The lowest BCUT2D eigenvalue weighted by Crippen LogP contribution is -2.31. The van der Waals surface area contributed by atoms with Gasteiger partial charge >= 0.3 is 5.97 Å². The fourth-order valence-electron chi connectivity index (χ4n) is 2.70. The zero-order chi connectivity index (χ0) is 17.0. The van der Waals surface area contributed by atoms with E-state index in [2.05, 4.69) is 4.98 Å². The number of H-pyrrole nitrogens is 1. The Kier molecular flexibility index (Phi) is 5.21. The number of hydrogen-bond donors (Lipinski definition) is 1. The SMILES string of the molecule is CCc1[nH]c(C(=O)N(CC)c2ccccc2)c(C)c1C(=O)OC. The van der Waals surface area contributed by atoms with Gasteiger partial charge in [-0.2, -0.15) is 0 Å². The number of anilines is 1. The van der Waals surface area contributed by atoms with Crippen molar-refractivity contribution >= 4 is 17.6 Å². The molecule has 0 atom stereocenters. The zero-order valence-electron chi connectivity index (χ0n) is 14.0. The average Bonchev–Trinajstić information content (AvgIpc) is 2.92. The molecule has 0 spiro atoms. The summed E-state index contributed by atoms with van der Waals surface area (Å²) >= 11 is 0. The Bertz CT molecular complexity index is 705. The minimum Gasteiger partial charge on any atom is -0.465 e. The van der Waals surface area contributed by atoms with Crippen LogP contribution in [0.2, 0.25) is 0 Å². The molecule has 0 saturated carbocycles. The van der Waals surface area contributed by atoms with Gasteiger partial charge in [0.25, 0.3) is 5.91 Å². The van der Waals surface area contributed by atoms with Gasteiger partial charge in [-0.15, -0.1) is 0 Å². The van der Waals surface area contributed by atoms with E-state index in [1.807, 2.05) is 44.2 Å². The molecule has 1 N–H and O–H groups in total. The maximum Gasteiger partial charge on any atom is 0.339 e. The number of para-hydroxylation sites is 1. The molecule has 2 aromatic rings. The number of benzene rings is 1. The van der Waals surface area contributed by atoms with Crippen LogP contribution in [0.3, 0.4) is 0 Å². The Balaban J connectivity index is 2.47. The Hall–Kier alpha value is -2.56. The fraction of sp³-hybridized carbons (Fsp3) is 0.333. The monoisotopic (exact) mass is 314 g/mol. The van der Waals surface area contributed by atoms with E-state index < -0.39 is 5.97 Å². The maximum absolute atomic E-state index is 12.9. The second-order valence-electron chi connectivity index (χ2n) is 5.21. The number of carbonyl (C=O) groups is 2. The second-order valence-corrected chi connectivity index (χ2v) is 5.21. The molecule has 2 rings (SSSR count). The first-order valence-corrected chi connectivity index (χ1v) is 7.71. The molecule has 0 saturated heterocycles. The molecule has 0 radical (unpaired) electrons. The van der Waals surface area contributed by atoms with Crippen molar-refractivity contribution in [1.29, 1.82) is 0 Å². The molecule has 5 heteroatoms. The lowest BCUT2D eigenvalue weighted by Gasteiger charge is -2.20. The molecular formula is C18H22N2O3. The number of nitrogens with zero attached hydrogens (tertiary/aromatic N) is 1. The summed E-state index contributed by atoms with van der Waals surface area (Å²) in [6.07, 6.45) is 0.621. The van der Waals surface area contributed by atoms with Crippen LogP contribution in [0.4, 0.5) is 5.69 Å². The minimum absolute atomic E-state index is 0.152. The van der Waals surface area contributed by atoms with Crippen molar-refractivity contribution in [3.63, 3.8) is 0 Å². The van der Waals surface area contributed by atoms with Crippen molar-refractivity contribution in [2.45, 2.75) is 27.2 Å². The molecule has 1 heterocycles. The van der Waals surface area contributed by atoms with Gasteiger partial charge in [-0.1, -0.05) is 25.1 Å². The predicted molar refractivity (Wildman–Crippen MR) is 90.0 cm³/mol. The molecule has 23 heavy (non-hydrogen) atoms. The van der Waals surface area contributed by atoms with Crippen molar-refractivity contribution in [1.82, 2.24) is 4.98 Å². The maximum atomic E-state index is 12.9. The quantitative estimate of drug-likeness (QED) is 0.861. The van der Waals surface area contributed by atoms with Gasteiger partial charge in [-0.3, -0.25) is 4.79 Å². The lowest BCUT2D eigenvalue weighted by atomic mass is 10.1. The molecule has 122 valence electrons. The van der Waals surface area contributed by atoms with Crippen LogP contribution >= 0.6 is 0 Å². The number of amides is 1. The molecule has 0 aliphatic carbocycles. The van der Waals surface area contributed by atoms with E-state index in [1.165, 1.54) is 7.11 Å². The highest BCUT2D eigenvalue weighted by atomic mass is 16.5. The molecule has 5 nitrogen and oxygen atoms in total. The smallest absolute Gasteiger partial charge is 0.339 e. The van der Waals surface area contributed by atoms with Crippen molar-refractivity contribution < 1.29 is 14.3 Å². The Morgan fingerprint density at radius 1 is 1.17 bits per heavy atom. The third-order valence-electron chi connectivity index (χ3n) is 3.91. The number of aromatic nitrogens is 1. The predicted octanol–water partition coefficient (Wildman–Crippen LogP) is 3.34. The van der Waals surface area contributed by atoms with E-state index in [9.17, 15) is 9.59 Å². The molecule has 0 bridgehead atoms. The van der Waals surface area contributed by atoms with Crippen LogP contribution in [0.15, 0.2) is 30.3 Å². The van der Waals surface area contributed by atoms with Crippen LogP contribution in [-0.2, 0) is 11.2 Å². The highest BCUT2D eigenvalue weighted by Crippen LogP contribution is 2.23. The summed E-state index contributed by atoms with van der Waals surface area (Å²) in [5.74, 6) is -0.571. The van der Waals surface area contributed by atoms with E-state index in [0.29, 0.717) is 29.8 Å². The highest BCUT2D eigenvalue weighted by molar-refractivity contribution is 6.08. The summed E-state index contributed by atoms with van der Waals surface area (Å²) in [4.78, 5) is 29.7. The van der Waals surface area contributed by atoms with E-state index in [0.717, 1.165) is 11.4 Å². The van der Waals surface area contributed by atoms with E-state index in [1.54, 1.807) is 11.8 Å².